The van der Waals surface area contributed by atoms with Crippen LogP contribution in [0.1, 0.15) is 25.1 Å². The maximum atomic E-state index is 12.7. The standard InChI is InChI=1S/C16H17N5O3S/c1-10-7-8-21-14(17-10)18-15(19-21)25(22,23)20-12-6-4-5-11-9-16(2,3)24-13(11)12/h4-8,20H,9H2,1-3H3. The van der Waals surface area contributed by atoms with Gasteiger partial charge in [-0.15, -0.1) is 5.10 Å². The molecule has 1 aliphatic heterocycles. The van der Waals surface area contributed by atoms with Gasteiger partial charge in [0.25, 0.3) is 21.0 Å². The van der Waals surface area contributed by atoms with Gasteiger partial charge < -0.3 is 4.74 Å². The Morgan fingerprint density at radius 1 is 1.24 bits per heavy atom. The predicted octanol–water partition coefficient (Wildman–Crippen LogP) is 1.95. The van der Waals surface area contributed by atoms with Crippen LogP contribution in [-0.4, -0.2) is 33.6 Å². The molecule has 0 saturated carbocycles. The van der Waals surface area contributed by atoms with Crippen LogP contribution in [0.25, 0.3) is 5.78 Å². The van der Waals surface area contributed by atoms with E-state index in [9.17, 15) is 8.42 Å². The highest BCUT2D eigenvalue weighted by Crippen LogP contribution is 2.40. The Morgan fingerprint density at radius 2 is 2.04 bits per heavy atom. The summed E-state index contributed by atoms with van der Waals surface area (Å²) in [6.45, 7) is 5.72. The van der Waals surface area contributed by atoms with Crippen molar-refractivity contribution in [1.82, 2.24) is 19.6 Å². The molecule has 1 aromatic carbocycles. The van der Waals surface area contributed by atoms with E-state index in [1.807, 2.05) is 19.9 Å². The molecule has 25 heavy (non-hydrogen) atoms. The van der Waals surface area contributed by atoms with Crippen LogP contribution >= 0.6 is 0 Å². The second-order valence-corrected chi connectivity index (χ2v) is 8.22. The lowest BCUT2D eigenvalue weighted by atomic mass is 10.0. The lowest BCUT2D eigenvalue weighted by molar-refractivity contribution is 0.139. The summed E-state index contributed by atoms with van der Waals surface area (Å²) in [5, 5.41) is 3.66. The second kappa shape index (κ2) is 5.16. The molecule has 0 atom stereocenters. The molecule has 2 aromatic heterocycles. The molecular weight excluding hydrogens is 342 g/mol. The van der Waals surface area contributed by atoms with E-state index in [0.29, 0.717) is 17.9 Å². The van der Waals surface area contributed by atoms with Gasteiger partial charge in [0, 0.05) is 23.9 Å². The molecule has 8 nitrogen and oxygen atoms in total. The Labute approximate surface area is 144 Å². The Bertz CT molecular complexity index is 1090. The first-order valence-corrected chi connectivity index (χ1v) is 9.26. The fourth-order valence-electron chi connectivity index (χ4n) is 2.85. The average molecular weight is 359 g/mol. The normalized spacial score (nSPS) is 15.8. The van der Waals surface area contributed by atoms with Gasteiger partial charge in [-0.1, -0.05) is 12.1 Å². The summed E-state index contributed by atoms with van der Waals surface area (Å²) in [4.78, 5) is 8.18. The quantitative estimate of drug-likeness (QED) is 0.767. The first kappa shape index (κ1) is 15.8. The minimum Gasteiger partial charge on any atom is -0.485 e. The molecule has 4 rings (SSSR count). The number of hydrogen-bond acceptors (Lipinski definition) is 6. The van der Waals surface area contributed by atoms with Crippen LogP contribution in [0.5, 0.6) is 5.75 Å². The lowest BCUT2D eigenvalue weighted by Crippen LogP contribution is -2.25. The van der Waals surface area contributed by atoms with Crippen molar-refractivity contribution in [2.45, 2.75) is 37.9 Å². The predicted molar refractivity (Wildman–Crippen MR) is 91.2 cm³/mol. The van der Waals surface area contributed by atoms with Gasteiger partial charge in [-0.3, -0.25) is 4.72 Å². The number of ether oxygens (including phenoxy) is 1. The zero-order valence-corrected chi connectivity index (χ0v) is 14.8. The summed E-state index contributed by atoms with van der Waals surface area (Å²) in [5.74, 6) is 0.782. The number of sulfonamides is 1. The van der Waals surface area contributed by atoms with Crippen molar-refractivity contribution in [2.24, 2.45) is 0 Å². The highest BCUT2D eigenvalue weighted by atomic mass is 32.2. The molecule has 0 fully saturated rings. The van der Waals surface area contributed by atoms with Gasteiger partial charge in [-0.05, 0) is 32.9 Å². The molecule has 1 aliphatic rings. The molecule has 0 unspecified atom stereocenters. The summed E-state index contributed by atoms with van der Waals surface area (Å²) in [6.07, 6.45) is 2.34. The Kier molecular flexibility index (Phi) is 3.26. The van der Waals surface area contributed by atoms with Crippen LogP contribution in [-0.2, 0) is 16.4 Å². The SMILES string of the molecule is Cc1ccn2nc(S(=O)(=O)Nc3cccc4c3OC(C)(C)C4)nc2n1. The number of hydrogen-bond donors (Lipinski definition) is 1. The van der Waals surface area contributed by atoms with E-state index in [2.05, 4.69) is 19.8 Å². The van der Waals surface area contributed by atoms with Crippen LogP contribution in [0, 0.1) is 6.92 Å². The smallest absolute Gasteiger partial charge is 0.299 e. The lowest BCUT2D eigenvalue weighted by Gasteiger charge is -2.18. The molecule has 130 valence electrons. The number of fused-ring (bicyclic) bond motifs is 2. The summed E-state index contributed by atoms with van der Waals surface area (Å²) in [5.41, 5.74) is 1.71. The Hall–Kier alpha value is -2.68. The van der Waals surface area contributed by atoms with Gasteiger partial charge >= 0.3 is 0 Å². The van der Waals surface area contributed by atoms with E-state index in [0.717, 1.165) is 11.3 Å². The van der Waals surface area contributed by atoms with Gasteiger partial charge in [0.15, 0.2) is 0 Å². The van der Waals surface area contributed by atoms with Gasteiger partial charge in [0.1, 0.15) is 11.4 Å². The summed E-state index contributed by atoms with van der Waals surface area (Å²) >= 11 is 0. The van der Waals surface area contributed by atoms with Crippen LogP contribution in [0.15, 0.2) is 35.6 Å². The van der Waals surface area contributed by atoms with E-state index in [4.69, 9.17) is 4.74 Å². The maximum absolute atomic E-state index is 12.7. The monoisotopic (exact) mass is 359 g/mol. The zero-order chi connectivity index (χ0) is 17.8. The van der Waals surface area contributed by atoms with E-state index in [1.165, 1.54) is 4.52 Å². The van der Waals surface area contributed by atoms with Crippen molar-refractivity contribution in [3.05, 3.63) is 41.7 Å². The fraction of sp³-hybridized carbons (Fsp3) is 0.312. The largest absolute Gasteiger partial charge is 0.485 e. The molecule has 0 aliphatic carbocycles. The van der Waals surface area contributed by atoms with E-state index < -0.39 is 10.0 Å². The van der Waals surface area contributed by atoms with Gasteiger partial charge in [0.05, 0.1) is 5.69 Å². The van der Waals surface area contributed by atoms with Crippen molar-refractivity contribution in [2.75, 3.05) is 4.72 Å². The number of nitrogens with zero attached hydrogens (tertiary/aromatic N) is 4. The molecule has 0 spiro atoms. The van der Waals surface area contributed by atoms with E-state index in [-0.39, 0.29) is 16.5 Å². The zero-order valence-electron chi connectivity index (χ0n) is 14.0. The van der Waals surface area contributed by atoms with Gasteiger partial charge in [-0.25, -0.2) is 9.50 Å². The summed E-state index contributed by atoms with van der Waals surface area (Å²) < 4.78 is 35.1. The first-order chi connectivity index (χ1) is 11.7. The number of aromatic nitrogens is 4. The Morgan fingerprint density at radius 3 is 2.84 bits per heavy atom. The van der Waals surface area contributed by atoms with Crippen molar-refractivity contribution in [1.29, 1.82) is 0 Å². The highest BCUT2D eigenvalue weighted by Gasteiger charge is 2.33. The number of nitrogens with one attached hydrogen (secondary N) is 1. The average Bonchev–Trinajstić information content (AvgIpc) is 3.07. The van der Waals surface area contributed by atoms with Crippen LogP contribution < -0.4 is 9.46 Å². The second-order valence-electron chi connectivity index (χ2n) is 6.65. The number of aryl methyl sites for hydroxylation is 1. The highest BCUT2D eigenvalue weighted by molar-refractivity contribution is 7.92. The summed E-state index contributed by atoms with van der Waals surface area (Å²) in [6, 6.07) is 7.11. The van der Waals surface area contributed by atoms with Crippen molar-refractivity contribution >= 4 is 21.5 Å². The topological polar surface area (TPSA) is 98.5 Å². The van der Waals surface area contributed by atoms with E-state index >= 15 is 0 Å². The number of rotatable bonds is 3. The molecule has 9 heteroatoms. The number of anilines is 1. The van der Waals surface area contributed by atoms with Crippen LogP contribution in [0.3, 0.4) is 0 Å². The van der Waals surface area contributed by atoms with Crippen LogP contribution in [0.4, 0.5) is 5.69 Å². The van der Waals surface area contributed by atoms with Crippen LogP contribution in [0.2, 0.25) is 0 Å². The molecular formula is C16H17N5O3S. The van der Waals surface area contributed by atoms with Gasteiger partial charge in [-0.2, -0.15) is 13.4 Å². The number of para-hydroxylation sites is 1. The van der Waals surface area contributed by atoms with E-state index in [1.54, 1.807) is 31.3 Å². The molecule has 0 radical (unpaired) electrons. The minimum atomic E-state index is -3.96. The maximum Gasteiger partial charge on any atom is 0.299 e. The molecule has 0 amide bonds. The molecule has 3 aromatic rings. The van der Waals surface area contributed by atoms with Crippen molar-refractivity contribution in [3.63, 3.8) is 0 Å². The molecule has 3 heterocycles. The third kappa shape index (κ3) is 2.80. The first-order valence-electron chi connectivity index (χ1n) is 7.77. The molecule has 1 N–H and O–H groups in total. The summed E-state index contributed by atoms with van der Waals surface area (Å²) in [7, 11) is -3.96. The van der Waals surface area contributed by atoms with Crippen molar-refractivity contribution in [3.8, 4) is 5.75 Å². The fourth-order valence-corrected chi connectivity index (χ4v) is 3.78. The third-order valence-electron chi connectivity index (χ3n) is 3.90. The molecule has 0 saturated heterocycles. The van der Waals surface area contributed by atoms with Crippen molar-refractivity contribution < 1.29 is 13.2 Å². The number of benzene rings is 1. The minimum absolute atomic E-state index is 0.232. The van der Waals surface area contributed by atoms with Gasteiger partial charge in [0.2, 0.25) is 0 Å². The Balaban J connectivity index is 1.72. The molecule has 0 bridgehead atoms. The third-order valence-corrected chi connectivity index (χ3v) is 5.05.